The van der Waals surface area contributed by atoms with Gasteiger partial charge in [0, 0.05) is 0 Å². The van der Waals surface area contributed by atoms with E-state index in [9.17, 15) is 0 Å². The minimum Gasteiger partial charge on any atom is -0.369 e. The van der Waals surface area contributed by atoms with Crippen LogP contribution in [0.2, 0.25) is 0 Å². The standard InChI is InChI=1S/C16H30O/c1-15(2,13-9-5-6-10-13)17-16(3,4)14-11-7-8-12-14/h13-14H,5-12H2,1-4H3. The zero-order valence-corrected chi connectivity index (χ0v) is 12.2. The third-order valence-corrected chi connectivity index (χ3v) is 5.20. The van der Waals surface area contributed by atoms with Gasteiger partial charge in [-0.3, -0.25) is 0 Å². The molecule has 0 aromatic heterocycles. The highest BCUT2D eigenvalue weighted by atomic mass is 16.5. The SMILES string of the molecule is CC(C)(OC(C)(C)C1CCCC1)C1CCCC1. The normalized spacial score (nSPS) is 24.7. The smallest absolute Gasteiger partial charge is 0.0661 e. The van der Waals surface area contributed by atoms with Crippen LogP contribution < -0.4 is 0 Å². The summed E-state index contributed by atoms with van der Waals surface area (Å²) in [4.78, 5) is 0. The van der Waals surface area contributed by atoms with E-state index in [1.165, 1.54) is 51.4 Å². The maximum Gasteiger partial charge on any atom is 0.0661 e. The minimum atomic E-state index is 0.0720. The molecule has 0 N–H and O–H groups in total. The van der Waals surface area contributed by atoms with Crippen molar-refractivity contribution in [1.29, 1.82) is 0 Å². The van der Waals surface area contributed by atoms with Crippen LogP contribution in [0.25, 0.3) is 0 Å². The third kappa shape index (κ3) is 3.05. The first kappa shape index (κ1) is 13.4. The molecule has 2 aliphatic rings. The molecule has 1 nitrogen and oxygen atoms in total. The van der Waals surface area contributed by atoms with Crippen LogP contribution in [0.3, 0.4) is 0 Å². The summed E-state index contributed by atoms with van der Waals surface area (Å²) in [6.45, 7) is 9.28. The Labute approximate surface area is 107 Å². The maximum absolute atomic E-state index is 6.59. The highest BCUT2D eigenvalue weighted by Crippen LogP contribution is 2.43. The van der Waals surface area contributed by atoms with Gasteiger partial charge in [0.25, 0.3) is 0 Å². The van der Waals surface area contributed by atoms with Crippen LogP contribution >= 0.6 is 0 Å². The second-order valence-electron chi connectivity index (χ2n) is 7.27. The predicted octanol–water partition coefficient (Wildman–Crippen LogP) is 4.94. The Morgan fingerprint density at radius 1 is 0.647 bits per heavy atom. The van der Waals surface area contributed by atoms with E-state index < -0.39 is 0 Å². The maximum atomic E-state index is 6.59. The molecule has 0 heterocycles. The summed E-state index contributed by atoms with van der Waals surface area (Å²) >= 11 is 0. The quantitative estimate of drug-likeness (QED) is 0.674. The molecule has 17 heavy (non-hydrogen) atoms. The Kier molecular flexibility index (Phi) is 3.87. The molecule has 2 rings (SSSR count). The number of hydrogen-bond acceptors (Lipinski definition) is 1. The van der Waals surface area contributed by atoms with Crippen molar-refractivity contribution in [2.45, 2.75) is 90.3 Å². The van der Waals surface area contributed by atoms with Crippen molar-refractivity contribution >= 4 is 0 Å². The monoisotopic (exact) mass is 238 g/mol. The van der Waals surface area contributed by atoms with Gasteiger partial charge >= 0.3 is 0 Å². The van der Waals surface area contributed by atoms with Crippen molar-refractivity contribution in [3.05, 3.63) is 0 Å². The Bertz CT molecular complexity index is 216. The van der Waals surface area contributed by atoms with Crippen molar-refractivity contribution in [2.24, 2.45) is 11.8 Å². The van der Waals surface area contributed by atoms with Gasteiger partial charge in [0.05, 0.1) is 11.2 Å². The molecule has 2 fully saturated rings. The lowest BCUT2D eigenvalue weighted by atomic mass is 9.84. The number of hydrogen-bond donors (Lipinski definition) is 0. The van der Waals surface area contributed by atoms with E-state index in [0.29, 0.717) is 0 Å². The number of rotatable bonds is 4. The van der Waals surface area contributed by atoms with Crippen LogP contribution in [0, 0.1) is 11.8 Å². The third-order valence-electron chi connectivity index (χ3n) is 5.20. The fraction of sp³-hybridized carbons (Fsp3) is 1.00. The lowest BCUT2D eigenvalue weighted by Crippen LogP contribution is -2.45. The highest BCUT2D eigenvalue weighted by molar-refractivity contribution is 4.90. The molecule has 0 aromatic carbocycles. The van der Waals surface area contributed by atoms with Gasteiger partial charge in [-0.05, 0) is 65.2 Å². The zero-order chi connectivity index (χ0) is 12.5. The van der Waals surface area contributed by atoms with E-state index >= 15 is 0 Å². The van der Waals surface area contributed by atoms with Gasteiger partial charge in [0.2, 0.25) is 0 Å². The fourth-order valence-corrected chi connectivity index (χ4v) is 4.09. The van der Waals surface area contributed by atoms with E-state index in [2.05, 4.69) is 27.7 Å². The number of ether oxygens (including phenoxy) is 1. The van der Waals surface area contributed by atoms with Crippen molar-refractivity contribution in [2.75, 3.05) is 0 Å². The first-order valence-corrected chi connectivity index (χ1v) is 7.62. The second-order valence-corrected chi connectivity index (χ2v) is 7.27. The predicted molar refractivity (Wildman–Crippen MR) is 73.2 cm³/mol. The Balaban J connectivity index is 1.97. The van der Waals surface area contributed by atoms with Crippen molar-refractivity contribution < 1.29 is 4.74 Å². The molecule has 0 aliphatic heterocycles. The van der Waals surface area contributed by atoms with Gasteiger partial charge in [0.15, 0.2) is 0 Å². The van der Waals surface area contributed by atoms with Gasteiger partial charge in [-0.1, -0.05) is 25.7 Å². The van der Waals surface area contributed by atoms with E-state index in [0.717, 1.165) is 11.8 Å². The van der Waals surface area contributed by atoms with E-state index in [1.54, 1.807) is 0 Å². The molecule has 2 saturated carbocycles. The summed E-state index contributed by atoms with van der Waals surface area (Å²) in [7, 11) is 0. The van der Waals surface area contributed by atoms with Crippen LogP contribution in [0.4, 0.5) is 0 Å². The van der Waals surface area contributed by atoms with Crippen LogP contribution in [0.5, 0.6) is 0 Å². The molecule has 0 atom stereocenters. The van der Waals surface area contributed by atoms with Crippen LogP contribution in [0.1, 0.15) is 79.1 Å². The Morgan fingerprint density at radius 2 is 0.941 bits per heavy atom. The summed E-state index contributed by atoms with van der Waals surface area (Å²) in [6, 6.07) is 0. The molecule has 100 valence electrons. The highest BCUT2D eigenvalue weighted by Gasteiger charge is 2.41. The van der Waals surface area contributed by atoms with Gasteiger partial charge in [-0.15, -0.1) is 0 Å². The molecule has 2 aliphatic carbocycles. The van der Waals surface area contributed by atoms with E-state index in [4.69, 9.17) is 4.74 Å². The topological polar surface area (TPSA) is 9.23 Å². The van der Waals surface area contributed by atoms with Gasteiger partial charge in [-0.2, -0.15) is 0 Å². The van der Waals surface area contributed by atoms with Gasteiger partial charge in [0.1, 0.15) is 0 Å². The minimum absolute atomic E-state index is 0.0720. The van der Waals surface area contributed by atoms with Crippen LogP contribution in [0.15, 0.2) is 0 Å². The molecule has 0 amide bonds. The summed E-state index contributed by atoms with van der Waals surface area (Å²) in [5.41, 5.74) is 0.144. The van der Waals surface area contributed by atoms with E-state index in [-0.39, 0.29) is 11.2 Å². The Morgan fingerprint density at radius 3 is 1.24 bits per heavy atom. The summed E-state index contributed by atoms with van der Waals surface area (Å²) in [5.74, 6) is 1.56. The van der Waals surface area contributed by atoms with Gasteiger partial charge in [-0.25, -0.2) is 0 Å². The largest absolute Gasteiger partial charge is 0.369 e. The Hall–Kier alpha value is -0.0400. The molecular weight excluding hydrogens is 208 g/mol. The fourth-order valence-electron chi connectivity index (χ4n) is 4.09. The molecule has 0 radical (unpaired) electrons. The second kappa shape index (κ2) is 4.91. The average molecular weight is 238 g/mol. The first-order valence-electron chi connectivity index (χ1n) is 7.62. The summed E-state index contributed by atoms with van der Waals surface area (Å²) < 4.78 is 6.59. The van der Waals surface area contributed by atoms with Crippen LogP contribution in [-0.4, -0.2) is 11.2 Å². The molecule has 0 aromatic rings. The summed E-state index contributed by atoms with van der Waals surface area (Å²) in [5, 5.41) is 0. The van der Waals surface area contributed by atoms with Crippen molar-refractivity contribution in [1.82, 2.24) is 0 Å². The molecule has 1 heteroatoms. The van der Waals surface area contributed by atoms with Crippen LogP contribution in [-0.2, 0) is 4.74 Å². The van der Waals surface area contributed by atoms with E-state index in [1.807, 2.05) is 0 Å². The first-order chi connectivity index (χ1) is 7.92. The van der Waals surface area contributed by atoms with Gasteiger partial charge < -0.3 is 4.74 Å². The van der Waals surface area contributed by atoms with Crippen molar-refractivity contribution in [3.8, 4) is 0 Å². The molecule has 0 bridgehead atoms. The lowest BCUT2D eigenvalue weighted by Gasteiger charge is -2.43. The summed E-state index contributed by atoms with van der Waals surface area (Å²) in [6.07, 6.45) is 11.1. The molecule has 0 saturated heterocycles. The molecule has 0 unspecified atom stereocenters. The molecule has 0 spiro atoms. The average Bonchev–Trinajstić information content (AvgIpc) is 2.91. The lowest BCUT2D eigenvalue weighted by molar-refractivity contribution is -0.170. The van der Waals surface area contributed by atoms with Crippen molar-refractivity contribution in [3.63, 3.8) is 0 Å². The zero-order valence-electron chi connectivity index (χ0n) is 12.2. The molecular formula is C16H30O.